The summed E-state index contributed by atoms with van der Waals surface area (Å²) < 4.78 is 3.96. The molecule has 0 spiro atoms. The Morgan fingerprint density at radius 1 is 1.62 bits per heavy atom. The van der Waals surface area contributed by atoms with Gasteiger partial charge in [0.25, 0.3) is 0 Å². The van der Waals surface area contributed by atoms with E-state index in [1.54, 1.807) is 0 Å². The molecule has 0 radical (unpaired) electrons. The monoisotopic (exact) mass is 296 g/mol. The second-order valence-corrected chi connectivity index (χ2v) is 5.14. The van der Waals surface area contributed by atoms with Gasteiger partial charge in [0.15, 0.2) is 4.77 Å². The van der Waals surface area contributed by atoms with Gasteiger partial charge in [-0.1, -0.05) is 22.0 Å². The van der Waals surface area contributed by atoms with Gasteiger partial charge in [0.05, 0.1) is 11.0 Å². The van der Waals surface area contributed by atoms with Crippen LogP contribution in [0, 0.1) is 4.77 Å². The normalized spacial score (nSPS) is 12.9. The van der Waals surface area contributed by atoms with E-state index >= 15 is 0 Å². The Balaban J connectivity index is 2.64. The van der Waals surface area contributed by atoms with E-state index in [2.05, 4.69) is 45.1 Å². The van der Waals surface area contributed by atoms with Crippen molar-refractivity contribution in [3.63, 3.8) is 0 Å². The lowest BCUT2D eigenvalue weighted by molar-refractivity contribution is 0.564. The Kier molecular flexibility index (Phi) is 3.30. The lowest BCUT2D eigenvalue weighted by atomic mass is 10.2. The molecule has 1 aromatic carbocycles. The maximum atomic E-state index is 5.34. The lowest BCUT2D eigenvalue weighted by Gasteiger charge is -2.12. The highest BCUT2D eigenvalue weighted by molar-refractivity contribution is 9.10. The predicted octanol–water partition coefficient (Wildman–Crippen LogP) is 4.60. The number of nitrogens with one attached hydrogen (secondary N) is 1. The van der Waals surface area contributed by atoms with Gasteiger partial charge < -0.3 is 9.55 Å². The average molecular weight is 297 g/mol. The average Bonchev–Trinajstić information content (AvgIpc) is 2.53. The van der Waals surface area contributed by atoms with Gasteiger partial charge in [-0.05, 0) is 43.8 Å². The zero-order valence-electron chi connectivity index (χ0n) is 9.03. The fourth-order valence-electron chi connectivity index (χ4n) is 1.89. The first kappa shape index (κ1) is 11.6. The molecular weight excluding hydrogens is 284 g/mol. The molecule has 4 heteroatoms. The molecule has 2 aromatic rings. The number of fused-ring (bicyclic) bond motifs is 1. The molecule has 0 amide bonds. The SMILES string of the molecule is C=CCC(C)n1c(=S)[nH]c2cc(Br)ccc21. The van der Waals surface area contributed by atoms with Crippen molar-refractivity contribution in [1.82, 2.24) is 9.55 Å². The zero-order chi connectivity index (χ0) is 11.7. The van der Waals surface area contributed by atoms with Crippen LogP contribution in [0.15, 0.2) is 35.3 Å². The number of hydrogen-bond donors (Lipinski definition) is 1. The number of allylic oxidation sites excluding steroid dienone is 1. The van der Waals surface area contributed by atoms with E-state index in [1.807, 2.05) is 18.2 Å². The summed E-state index contributed by atoms with van der Waals surface area (Å²) in [4.78, 5) is 3.22. The van der Waals surface area contributed by atoms with Crippen LogP contribution in [-0.2, 0) is 0 Å². The fraction of sp³-hybridized carbons (Fsp3) is 0.250. The van der Waals surface area contributed by atoms with E-state index < -0.39 is 0 Å². The predicted molar refractivity (Wildman–Crippen MR) is 74.3 cm³/mol. The molecule has 1 unspecified atom stereocenters. The Morgan fingerprint density at radius 3 is 3.06 bits per heavy atom. The molecule has 0 aliphatic rings. The first-order valence-corrected chi connectivity index (χ1v) is 6.34. The van der Waals surface area contributed by atoms with Crippen LogP contribution in [0.1, 0.15) is 19.4 Å². The molecule has 2 rings (SSSR count). The van der Waals surface area contributed by atoms with Gasteiger partial charge in [0, 0.05) is 10.5 Å². The van der Waals surface area contributed by atoms with Crippen LogP contribution >= 0.6 is 28.1 Å². The third kappa shape index (κ3) is 1.99. The quantitative estimate of drug-likeness (QED) is 0.648. The molecule has 0 aliphatic heterocycles. The third-order valence-electron chi connectivity index (χ3n) is 2.63. The molecule has 0 saturated heterocycles. The minimum Gasteiger partial charge on any atom is -0.331 e. The Hall–Kier alpha value is -0.870. The molecule has 84 valence electrons. The maximum absolute atomic E-state index is 5.34. The van der Waals surface area contributed by atoms with Crippen LogP contribution in [-0.4, -0.2) is 9.55 Å². The second-order valence-electron chi connectivity index (χ2n) is 3.84. The number of benzene rings is 1. The van der Waals surface area contributed by atoms with Crippen molar-refractivity contribution < 1.29 is 0 Å². The largest absolute Gasteiger partial charge is 0.331 e. The van der Waals surface area contributed by atoms with Gasteiger partial charge in [-0.2, -0.15) is 0 Å². The minimum absolute atomic E-state index is 0.333. The molecule has 0 fully saturated rings. The van der Waals surface area contributed by atoms with Crippen molar-refractivity contribution in [2.75, 3.05) is 0 Å². The van der Waals surface area contributed by atoms with E-state index in [4.69, 9.17) is 12.2 Å². The maximum Gasteiger partial charge on any atom is 0.178 e. The number of H-pyrrole nitrogens is 1. The number of nitrogens with zero attached hydrogens (tertiary/aromatic N) is 1. The molecule has 0 saturated carbocycles. The second kappa shape index (κ2) is 4.55. The van der Waals surface area contributed by atoms with E-state index in [-0.39, 0.29) is 0 Å². The third-order valence-corrected chi connectivity index (χ3v) is 3.42. The molecule has 1 heterocycles. The van der Waals surface area contributed by atoms with Crippen LogP contribution in [0.5, 0.6) is 0 Å². The molecule has 0 bridgehead atoms. The van der Waals surface area contributed by atoms with Crippen molar-refractivity contribution in [2.24, 2.45) is 0 Å². The number of aromatic nitrogens is 2. The summed E-state index contributed by atoms with van der Waals surface area (Å²) in [5.41, 5.74) is 2.21. The van der Waals surface area contributed by atoms with E-state index in [0.29, 0.717) is 6.04 Å². The van der Waals surface area contributed by atoms with Crippen molar-refractivity contribution >= 4 is 39.2 Å². The highest BCUT2D eigenvalue weighted by Crippen LogP contribution is 2.24. The highest BCUT2D eigenvalue weighted by atomic mass is 79.9. The summed E-state index contributed by atoms with van der Waals surface area (Å²) in [5, 5.41) is 0. The van der Waals surface area contributed by atoms with Crippen molar-refractivity contribution in [1.29, 1.82) is 0 Å². The number of hydrogen-bond acceptors (Lipinski definition) is 1. The first-order chi connectivity index (χ1) is 7.63. The van der Waals surface area contributed by atoms with Crippen molar-refractivity contribution in [2.45, 2.75) is 19.4 Å². The van der Waals surface area contributed by atoms with Crippen LogP contribution in [0.25, 0.3) is 11.0 Å². The summed E-state index contributed by atoms with van der Waals surface area (Å²) in [7, 11) is 0. The fourth-order valence-corrected chi connectivity index (χ4v) is 2.64. The standard InChI is InChI=1S/C12H13BrN2S/c1-3-4-8(2)15-11-6-5-9(13)7-10(11)14-12(15)16/h3,5-8H,1,4H2,2H3,(H,14,16). The van der Waals surface area contributed by atoms with E-state index in [9.17, 15) is 0 Å². The highest BCUT2D eigenvalue weighted by Gasteiger charge is 2.09. The van der Waals surface area contributed by atoms with Crippen LogP contribution in [0.2, 0.25) is 0 Å². The topological polar surface area (TPSA) is 20.7 Å². The minimum atomic E-state index is 0.333. The molecule has 16 heavy (non-hydrogen) atoms. The van der Waals surface area contributed by atoms with Crippen LogP contribution < -0.4 is 0 Å². The first-order valence-electron chi connectivity index (χ1n) is 5.14. The summed E-state index contributed by atoms with van der Waals surface area (Å²) in [6.07, 6.45) is 2.83. The Bertz CT molecular complexity index is 582. The molecule has 1 atom stereocenters. The van der Waals surface area contributed by atoms with Crippen molar-refractivity contribution in [3.8, 4) is 0 Å². The van der Waals surface area contributed by atoms with Crippen molar-refractivity contribution in [3.05, 3.63) is 40.1 Å². The molecular formula is C12H13BrN2S. The number of halogens is 1. The van der Waals surface area contributed by atoms with Gasteiger partial charge in [0.2, 0.25) is 0 Å². The molecule has 1 N–H and O–H groups in total. The van der Waals surface area contributed by atoms with Gasteiger partial charge in [-0.25, -0.2) is 0 Å². The van der Waals surface area contributed by atoms with Crippen LogP contribution in [0.3, 0.4) is 0 Å². The summed E-state index contributed by atoms with van der Waals surface area (Å²) >= 11 is 8.80. The number of imidazole rings is 1. The number of rotatable bonds is 3. The molecule has 0 aliphatic carbocycles. The van der Waals surface area contributed by atoms with Crippen LogP contribution in [0.4, 0.5) is 0 Å². The van der Waals surface area contributed by atoms with E-state index in [1.165, 1.54) is 0 Å². The summed E-state index contributed by atoms with van der Waals surface area (Å²) in [5.74, 6) is 0. The number of aromatic amines is 1. The van der Waals surface area contributed by atoms with Gasteiger partial charge in [0.1, 0.15) is 0 Å². The lowest BCUT2D eigenvalue weighted by Crippen LogP contribution is -2.03. The summed E-state index contributed by atoms with van der Waals surface area (Å²) in [6.45, 7) is 5.91. The Morgan fingerprint density at radius 2 is 2.38 bits per heavy atom. The van der Waals surface area contributed by atoms with E-state index in [0.717, 1.165) is 26.7 Å². The smallest absolute Gasteiger partial charge is 0.178 e. The van der Waals surface area contributed by atoms with Gasteiger partial charge >= 0.3 is 0 Å². The summed E-state index contributed by atoms with van der Waals surface area (Å²) in [6, 6.07) is 6.48. The van der Waals surface area contributed by atoms with Gasteiger partial charge in [-0.15, -0.1) is 6.58 Å². The Labute approximate surface area is 108 Å². The van der Waals surface area contributed by atoms with Gasteiger partial charge in [-0.3, -0.25) is 0 Å². The molecule has 1 aromatic heterocycles. The molecule has 2 nitrogen and oxygen atoms in total. The zero-order valence-corrected chi connectivity index (χ0v) is 11.4.